The van der Waals surface area contributed by atoms with E-state index in [1.165, 1.54) is 37.4 Å². The summed E-state index contributed by atoms with van der Waals surface area (Å²) in [7, 11) is 1.31. The first kappa shape index (κ1) is 19.1. The van der Waals surface area contributed by atoms with E-state index >= 15 is 0 Å². The van der Waals surface area contributed by atoms with Crippen LogP contribution in [0.15, 0.2) is 47.6 Å². The van der Waals surface area contributed by atoms with E-state index in [2.05, 4.69) is 15.3 Å². The third kappa shape index (κ3) is 5.69. The number of nitrogens with one attached hydrogen (secondary N) is 1. The lowest BCUT2D eigenvalue weighted by Crippen LogP contribution is -2.24. The van der Waals surface area contributed by atoms with Crippen LogP contribution >= 0.6 is 0 Å². The molecule has 0 saturated heterocycles. The minimum absolute atomic E-state index is 0.0926. The lowest BCUT2D eigenvalue weighted by Gasteiger charge is -2.12. The molecule has 0 saturated carbocycles. The van der Waals surface area contributed by atoms with Crippen LogP contribution in [-0.2, 0) is 4.79 Å². The van der Waals surface area contributed by atoms with Crippen LogP contribution in [0.2, 0.25) is 0 Å². The monoisotopic (exact) mass is 368 g/mol. The molecule has 0 aliphatic heterocycles. The molecule has 0 radical (unpaired) electrons. The molecular weight excluding hydrogens is 353 g/mol. The van der Waals surface area contributed by atoms with Gasteiger partial charge in [-0.1, -0.05) is 12.1 Å². The fourth-order valence-electron chi connectivity index (χ4n) is 1.92. The lowest BCUT2D eigenvalue weighted by atomic mass is 10.2. The molecule has 2 aromatic carbocycles. The molecule has 9 heteroatoms. The summed E-state index contributed by atoms with van der Waals surface area (Å²) in [5.41, 5.74) is 2.34. The smallest absolute Gasteiger partial charge is 0.387 e. The van der Waals surface area contributed by atoms with E-state index in [0.717, 1.165) is 12.3 Å². The zero-order chi connectivity index (χ0) is 18.9. The fourth-order valence-corrected chi connectivity index (χ4v) is 1.92. The van der Waals surface area contributed by atoms with Crippen molar-refractivity contribution in [2.75, 3.05) is 13.7 Å². The van der Waals surface area contributed by atoms with Crippen molar-refractivity contribution in [3.63, 3.8) is 0 Å². The minimum atomic E-state index is -3.05. The predicted octanol–water partition coefficient (Wildman–Crippen LogP) is 2.96. The zero-order valence-corrected chi connectivity index (χ0v) is 13.6. The SMILES string of the molecule is COc1cccc(/C=N\NC(=O)COc2cccc(F)c2)c1OC(F)F. The molecule has 0 aliphatic carbocycles. The molecular formula is C17H15F3N2O4. The van der Waals surface area contributed by atoms with Crippen LogP contribution in [0.1, 0.15) is 5.56 Å². The average molecular weight is 368 g/mol. The van der Waals surface area contributed by atoms with E-state index in [1.54, 1.807) is 6.07 Å². The maximum Gasteiger partial charge on any atom is 0.387 e. The second kappa shape index (κ2) is 9.30. The van der Waals surface area contributed by atoms with E-state index in [4.69, 9.17) is 9.47 Å². The van der Waals surface area contributed by atoms with Crippen molar-refractivity contribution in [3.8, 4) is 17.2 Å². The summed E-state index contributed by atoms with van der Waals surface area (Å²) >= 11 is 0. The third-order valence-corrected chi connectivity index (χ3v) is 3.00. The van der Waals surface area contributed by atoms with Crippen molar-refractivity contribution in [1.29, 1.82) is 0 Å². The van der Waals surface area contributed by atoms with Crippen molar-refractivity contribution >= 4 is 12.1 Å². The summed E-state index contributed by atoms with van der Waals surface area (Å²) in [5, 5.41) is 3.66. The summed E-state index contributed by atoms with van der Waals surface area (Å²) in [4.78, 5) is 11.7. The number of carbonyl (C=O) groups excluding carboxylic acids is 1. The number of para-hydroxylation sites is 1. The largest absolute Gasteiger partial charge is 0.493 e. The Kier molecular flexibility index (Phi) is 6.84. The van der Waals surface area contributed by atoms with Crippen LogP contribution in [-0.4, -0.2) is 32.4 Å². The van der Waals surface area contributed by atoms with Crippen LogP contribution < -0.4 is 19.6 Å². The van der Waals surface area contributed by atoms with Crippen molar-refractivity contribution in [1.82, 2.24) is 5.43 Å². The van der Waals surface area contributed by atoms with E-state index in [1.807, 2.05) is 0 Å². The molecule has 0 unspecified atom stereocenters. The van der Waals surface area contributed by atoms with Gasteiger partial charge in [0.2, 0.25) is 0 Å². The van der Waals surface area contributed by atoms with Gasteiger partial charge in [0, 0.05) is 11.6 Å². The van der Waals surface area contributed by atoms with Gasteiger partial charge in [0.1, 0.15) is 11.6 Å². The number of alkyl halides is 2. The summed E-state index contributed by atoms with van der Waals surface area (Å²) < 4.78 is 52.5. The van der Waals surface area contributed by atoms with Gasteiger partial charge in [-0.3, -0.25) is 4.79 Å². The van der Waals surface area contributed by atoms with Gasteiger partial charge in [-0.05, 0) is 24.3 Å². The number of hydrazone groups is 1. The molecule has 2 rings (SSSR count). The molecule has 0 aromatic heterocycles. The van der Waals surface area contributed by atoms with Gasteiger partial charge in [0.15, 0.2) is 18.1 Å². The number of amides is 1. The first-order chi connectivity index (χ1) is 12.5. The Morgan fingerprint density at radius 1 is 1.27 bits per heavy atom. The highest BCUT2D eigenvalue weighted by atomic mass is 19.3. The number of carbonyl (C=O) groups is 1. The van der Waals surface area contributed by atoms with Crippen molar-refractivity contribution in [2.45, 2.75) is 6.61 Å². The molecule has 0 atom stereocenters. The fraction of sp³-hybridized carbons (Fsp3) is 0.176. The number of halogens is 3. The Morgan fingerprint density at radius 3 is 2.73 bits per heavy atom. The molecule has 0 heterocycles. The molecule has 6 nitrogen and oxygen atoms in total. The van der Waals surface area contributed by atoms with Gasteiger partial charge in [-0.15, -0.1) is 0 Å². The Balaban J connectivity index is 1.96. The van der Waals surface area contributed by atoms with Crippen LogP contribution in [0.4, 0.5) is 13.2 Å². The van der Waals surface area contributed by atoms with Crippen molar-refractivity contribution in [2.24, 2.45) is 5.10 Å². The van der Waals surface area contributed by atoms with Crippen LogP contribution in [0, 0.1) is 5.82 Å². The second-order valence-corrected chi connectivity index (χ2v) is 4.80. The molecule has 26 heavy (non-hydrogen) atoms. The van der Waals surface area contributed by atoms with Crippen LogP contribution in [0.5, 0.6) is 17.2 Å². The Labute approximate surface area is 147 Å². The number of hydrogen-bond acceptors (Lipinski definition) is 5. The molecule has 138 valence electrons. The molecule has 2 aromatic rings. The zero-order valence-electron chi connectivity index (χ0n) is 13.6. The second-order valence-electron chi connectivity index (χ2n) is 4.80. The molecule has 0 bridgehead atoms. The van der Waals surface area contributed by atoms with Gasteiger partial charge in [0.05, 0.1) is 13.3 Å². The average Bonchev–Trinajstić information content (AvgIpc) is 2.61. The van der Waals surface area contributed by atoms with Crippen LogP contribution in [0.3, 0.4) is 0 Å². The molecule has 1 amide bonds. The highest BCUT2D eigenvalue weighted by Gasteiger charge is 2.14. The van der Waals surface area contributed by atoms with Gasteiger partial charge >= 0.3 is 6.61 Å². The van der Waals surface area contributed by atoms with E-state index in [9.17, 15) is 18.0 Å². The first-order valence-electron chi connectivity index (χ1n) is 7.31. The number of hydrogen-bond donors (Lipinski definition) is 1. The number of rotatable bonds is 8. The topological polar surface area (TPSA) is 69.2 Å². The lowest BCUT2D eigenvalue weighted by molar-refractivity contribution is -0.123. The normalized spacial score (nSPS) is 10.8. The molecule has 1 N–H and O–H groups in total. The number of benzene rings is 2. The molecule has 0 aliphatic rings. The van der Waals surface area contributed by atoms with Gasteiger partial charge in [-0.2, -0.15) is 13.9 Å². The van der Waals surface area contributed by atoms with Gasteiger partial charge < -0.3 is 14.2 Å². The van der Waals surface area contributed by atoms with Crippen molar-refractivity contribution < 1.29 is 32.2 Å². The maximum atomic E-state index is 13.0. The number of methoxy groups -OCH3 is 1. The Hall–Kier alpha value is -3.23. The van der Waals surface area contributed by atoms with E-state index in [-0.39, 0.29) is 22.8 Å². The number of nitrogens with zero attached hydrogens (tertiary/aromatic N) is 1. The van der Waals surface area contributed by atoms with Gasteiger partial charge in [0.25, 0.3) is 5.91 Å². The summed E-state index contributed by atoms with van der Waals surface area (Å²) in [6.45, 7) is -3.45. The Bertz CT molecular complexity index is 784. The predicted molar refractivity (Wildman–Crippen MR) is 87.3 cm³/mol. The van der Waals surface area contributed by atoms with E-state index in [0.29, 0.717) is 0 Å². The van der Waals surface area contributed by atoms with E-state index < -0.39 is 24.9 Å². The maximum absolute atomic E-state index is 13.0. The standard InChI is InChI=1S/C17H15F3N2O4/c1-24-14-7-2-4-11(16(14)26-17(19)20)9-21-22-15(23)10-25-13-6-3-5-12(18)8-13/h2-9,17H,10H2,1H3,(H,22,23)/b21-9-. The highest BCUT2D eigenvalue weighted by molar-refractivity contribution is 5.86. The first-order valence-corrected chi connectivity index (χ1v) is 7.31. The third-order valence-electron chi connectivity index (χ3n) is 3.00. The minimum Gasteiger partial charge on any atom is -0.493 e. The Morgan fingerprint density at radius 2 is 2.04 bits per heavy atom. The summed E-state index contributed by atoms with van der Waals surface area (Å²) in [5.74, 6) is -1.05. The molecule has 0 spiro atoms. The highest BCUT2D eigenvalue weighted by Crippen LogP contribution is 2.31. The quantitative estimate of drug-likeness (QED) is 0.575. The molecule has 0 fully saturated rings. The summed E-state index contributed by atoms with van der Waals surface area (Å²) in [6, 6.07) is 9.75. The summed E-state index contributed by atoms with van der Waals surface area (Å²) in [6.07, 6.45) is 1.13. The van der Waals surface area contributed by atoms with Gasteiger partial charge in [-0.25, -0.2) is 9.82 Å². The van der Waals surface area contributed by atoms with Crippen LogP contribution in [0.25, 0.3) is 0 Å². The number of ether oxygens (including phenoxy) is 3. The van der Waals surface area contributed by atoms with Crippen molar-refractivity contribution in [3.05, 3.63) is 53.8 Å².